The van der Waals surface area contributed by atoms with Crippen LogP contribution in [0.3, 0.4) is 0 Å². The summed E-state index contributed by atoms with van der Waals surface area (Å²) in [4.78, 5) is 2.22. The number of hydrogen-bond donors (Lipinski definition) is 2. The Labute approximate surface area is 194 Å². The average molecular weight is 532 g/mol. The zero-order valence-corrected chi connectivity index (χ0v) is 19.6. The Morgan fingerprint density at radius 1 is 1.10 bits per heavy atom. The van der Waals surface area contributed by atoms with E-state index in [4.69, 9.17) is 0 Å². The van der Waals surface area contributed by atoms with Gasteiger partial charge >= 0.3 is 6.36 Å². The molecule has 3 rings (SSSR count). The number of benzene rings is 2. The first-order valence-corrected chi connectivity index (χ1v) is 9.75. The van der Waals surface area contributed by atoms with Crippen LogP contribution < -0.4 is 10.1 Å². The van der Waals surface area contributed by atoms with E-state index in [1.807, 2.05) is 13.8 Å². The fraction of sp³-hybridized carbons (Fsp3) is 0.400. The Balaban J connectivity index is 0.00000225. The SMILES string of the molecule is Cc1cc(O)c([C@H](c2ccc(OC(F)(F)F)cc2)N2CCNCC2)c(C)c1Br.Cl.Cl. The topological polar surface area (TPSA) is 44.7 Å². The van der Waals surface area contributed by atoms with E-state index in [0.717, 1.165) is 52.9 Å². The highest BCUT2D eigenvalue weighted by molar-refractivity contribution is 9.10. The molecule has 168 valence electrons. The first-order valence-electron chi connectivity index (χ1n) is 8.96. The summed E-state index contributed by atoms with van der Waals surface area (Å²) in [5.74, 6) is -0.0845. The molecule has 1 aliphatic heterocycles. The maximum atomic E-state index is 12.5. The molecule has 30 heavy (non-hydrogen) atoms. The first-order chi connectivity index (χ1) is 13.2. The zero-order chi connectivity index (χ0) is 20.5. The third kappa shape index (κ3) is 6.17. The van der Waals surface area contributed by atoms with Crippen LogP contribution in [0.1, 0.15) is 28.3 Å². The fourth-order valence-corrected chi connectivity index (χ4v) is 3.98. The van der Waals surface area contributed by atoms with E-state index >= 15 is 0 Å². The highest BCUT2D eigenvalue weighted by atomic mass is 79.9. The average Bonchev–Trinajstić information content (AvgIpc) is 2.64. The molecule has 1 aliphatic rings. The molecule has 0 aliphatic carbocycles. The minimum Gasteiger partial charge on any atom is -0.508 e. The number of aryl methyl sites for hydroxylation is 1. The van der Waals surface area contributed by atoms with Crippen molar-refractivity contribution in [2.45, 2.75) is 26.3 Å². The second-order valence-electron chi connectivity index (χ2n) is 6.87. The van der Waals surface area contributed by atoms with Crippen LogP contribution >= 0.6 is 40.7 Å². The van der Waals surface area contributed by atoms with Crippen molar-refractivity contribution in [3.8, 4) is 11.5 Å². The van der Waals surface area contributed by atoms with Gasteiger partial charge in [-0.25, -0.2) is 0 Å². The number of phenols is 1. The predicted molar refractivity (Wildman–Crippen MR) is 119 cm³/mol. The van der Waals surface area contributed by atoms with Crippen LogP contribution in [0.25, 0.3) is 0 Å². The summed E-state index contributed by atoms with van der Waals surface area (Å²) in [6, 6.07) is 7.31. The Morgan fingerprint density at radius 2 is 1.67 bits per heavy atom. The van der Waals surface area contributed by atoms with Gasteiger partial charge in [-0.05, 0) is 48.7 Å². The standard InChI is InChI=1S/C20H22BrF3N2O2.2ClH/c1-12-11-16(27)17(13(2)18(12)21)19(26-9-7-25-8-10-26)14-3-5-15(6-4-14)28-20(22,23)24;;/h3-6,11,19,25,27H,7-10H2,1-2H3;2*1H/t19-;;/m0../s1. The lowest BCUT2D eigenvalue weighted by molar-refractivity contribution is -0.274. The molecule has 0 amide bonds. The van der Waals surface area contributed by atoms with Gasteiger partial charge in [-0.2, -0.15) is 0 Å². The van der Waals surface area contributed by atoms with E-state index in [9.17, 15) is 18.3 Å². The minimum absolute atomic E-state index is 0. The molecular formula is C20H24BrCl2F3N2O2. The maximum Gasteiger partial charge on any atom is 0.573 e. The molecule has 0 unspecified atom stereocenters. The van der Waals surface area contributed by atoms with Gasteiger partial charge < -0.3 is 15.2 Å². The van der Waals surface area contributed by atoms with E-state index < -0.39 is 6.36 Å². The Hall–Kier alpha value is -1.19. The number of phenolic OH excluding ortho intramolecular Hbond substituents is 1. The molecule has 4 nitrogen and oxygen atoms in total. The van der Waals surface area contributed by atoms with Crippen molar-refractivity contribution < 1.29 is 23.0 Å². The van der Waals surface area contributed by atoms with E-state index in [1.165, 1.54) is 12.1 Å². The number of nitrogens with one attached hydrogen (secondary N) is 1. The summed E-state index contributed by atoms with van der Waals surface area (Å²) in [5, 5.41) is 14.0. The lowest BCUT2D eigenvalue weighted by Crippen LogP contribution is -2.45. The molecule has 0 aromatic heterocycles. The minimum atomic E-state index is -4.73. The highest BCUT2D eigenvalue weighted by Gasteiger charge is 2.32. The monoisotopic (exact) mass is 530 g/mol. The number of alkyl halides is 3. The third-order valence-corrected chi connectivity index (χ3v) is 6.15. The molecule has 10 heteroatoms. The molecule has 2 aromatic rings. The van der Waals surface area contributed by atoms with Crippen LogP contribution in [0.15, 0.2) is 34.8 Å². The maximum absolute atomic E-state index is 12.5. The quantitative estimate of drug-likeness (QED) is 0.546. The van der Waals surface area contributed by atoms with Gasteiger partial charge in [0.05, 0.1) is 6.04 Å². The van der Waals surface area contributed by atoms with Gasteiger partial charge in [0.25, 0.3) is 0 Å². The van der Waals surface area contributed by atoms with E-state index in [1.54, 1.807) is 18.2 Å². The Bertz CT molecular complexity index is 845. The summed E-state index contributed by atoms with van der Waals surface area (Å²) in [7, 11) is 0. The Morgan fingerprint density at radius 3 is 2.20 bits per heavy atom. The number of piperazine rings is 1. The van der Waals surface area contributed by atoms with Crippen LogP contribution in [0.2, 0.25) is 0 Å². The summed E-state index contributed by atoms with van der Waals surface area (Å²) in [6.07, 6.45) is -4.73. The number of halogens is 6. The van der Waals surface area contributed by atoms with Crippen molar-refractivity contribution in [1.82, 2.24) is 10.2 Å². The molecule has 1 heterocycles. The second kappa shape index (κ2) is 10.9. The molecule has 1 saturated heterocycles. The van der Waals surface area contributed by atoms with E-state index in [-0.39, 0.29) is 42.4 Å². The molecule has 0 radical (unpaired) electrons. The largest absolute Gasteiger partial charge is 0.573 e. The van der Waals surface area contributed by atoms with Gasteiger partial charge in [0, 0.05) is 36.2 Å². The lowest BCUT2D eigenvalue weighted by Gasteiger charge is -2.37. The van der Waals surface area contributed by atoms with Crippen LogP contribution in [0.4, 0.5) is 13.2 Å². The Kier molecular flexibility index (Phi) is 9.76. The molecule has 1 fully saturated rings. The molecule has 2 aromatic carbocycles. The summed E-state index contributed by atoms with van der Waals surface area (Å²) < 4.78 is 42.3. The number of ether oxygens (including phenoxy) is 1. The van der Waals surface area contributed by atoms with E-state index in [2.05, 4.69) is 30.9 Å². The van der Waals surface area contributed by atoms with Gasteiger partial charge in [0.1, 0.15) is 11.5 Å². The molecule has 1 atom stereocenters. The van der Waals surface area contributed by atoms with Crippen molar-refractivity contribution >= 4 is 40.7 Å². The molecule has 2 N–H and O–H groups in total. The molecule has 0 saturated carbocycles. The summed E-state index contributed by atoms with van der Waals surface area (Å²) in [6.45, 7) is 6.97. The van der Waals surface area contributed by atoms with Crippen LogP contribution in [0, 0.1) is 13.8 Å². The second-order valence-corrected chi connectivity index (χ2v) is 7.66. The van der Waals surface area contributed by atoms with Gasteiger partial charge in [-0.15, -0.1) is 38.0 Å². The van der Waals surface area contributed by atoms with Crippen molar-refractivity contribution in [2.24, 2.45) is 0 Å². The fourth-order valence-electron chi connectivity index (χ4n) is 3.65. The molecular weight excluding hydrogens is 508 g/mol. The number of hydrogen-bond acceptors (Lipinski definition) is 4. The van der Waals surface area contributed by atoms with Crippen LogP contribution in [0.5, 0.6) is 11.5 Å². The smallest absolute Gasteiger partial charge is 0.508 e. The van der Waals surface area contributed by atoms with Crippen molar-refractivity contribution in [1.29, 1.82) is 0 Å². The van der Waals surface area contributed by atoms with Gasteiger partial charge in [0.2, 0.25) is 0 Å². The number of aromatic hydroxyl groups is 1. The van der Waals surface area contributed by atoms with Crippen molar-refractivity contribution in [3.63, 3.8) is 0 Å². The normalized spacial score (nSPS) is 15.7. The van der Waals surface area contributed by atoms with E-state index in [0.29, 0.717) is 0 Å². The number of nitrogens with zero attached hydrogens (tertiary/aromatic N) is 1. The first kappa shape index (κ1) is 26.8. The van der Waals surface area contributed by atoms with Gasteiger partial charge in [-0.3, -0.25) is 4.90 Å². The highest BCUT2D eigenvalue weighted by Crippen LogP contribution is 2.41. The predicted octanol–water partition coefficient (Wildman–Crippen LogP) is 5.51. The molecule has 0 bridgehead atoms. The molecule has 0 spiro atoms. The zero-order valence-electron chi connectivity index (χ0n) is 16.4. The van der Waals surface area contributed by atoms with Gasteiger partial charge in [0.15, 0.2) is 0 Å². The summed E-state index contributed by atoms with van der Waals surface area (Å²) >= 11 is 3.59. The van der Waals surface area contributed by atoms with Crippen LogP contribution in [-0.2, 0) is 0 Å². The third-order valence-electron chi connectivity index (χ3n) is 4.93. The van der Waals surface area contributed by atoms with Crippen LogP contribution in [-0.4, -0.2) is 42.5 Å². The van der Waals surface area contributed by atoms with Gasteiger partial charge in [-0.1, -0.05) is 28.1 Å². The summed E-state index contributed by atoms with van der Waals surface area (Å²) in [5.41, 5.74) is 3.39. The number of rotatable bonds is 4. The van der Waals surface area contributed by atoms with Crippen molar-refractivity contribution in [3.05, 3.63) is 57.1 Å². The van der Waals surface area contributed by atoms with Crippen molar-refractivity contribution in [2.75, 3.05) is 26.2 Å². The lowest BCUT2D eigenvalue weighted by atomic mass is 9.91.